The highest BCUT2D eigenvalue weighted by atomic mass is 16.6. The zero-order valence-electron chi connectivity index (χ0n) is 14.0. The largest absolute Gasteiger partial charge is 0.444 e. The maximum absolute atomic E-state index is 12.3. The SMILES string of the molecule is CC(C)(O)CNCC1CC2CCC1N2C(=O)OC(C)(C)C. The number of hydrogen-bond acceptors (Lipinski definition) is 4. The van der Waals surface area contributed by atoms with E-state index in [4.69, 9.17) is 4.74 Å². The van der Waals surface area contributed by atoms with Crippen molar-refractivity contribution >= 4 is 6.09 Å². The van der Waals surface area contributed by atoms with Crippen molar-refractivity contribution in [2.45, 2.75) is 77.2 Å². The summed E-state index contributed by atoms with van der Waals surface area (Å²) in [7, 11) is 0. The van der Waals surface area contributed by atoms with Gasteiger partial charge in [-0.3, -0.25) is 0 Å². The number of nitrogens with one attached hydrogen (secondary N) is 1. The molecule has 2 saturated heterocycles. The quantitative estimate of drug-likeness (QED) is 0.835. The summed E-state index contributed by atoms with van der Waals surface area (Å²) in [5, 5.41) is 13.1. The number of rotatable bonds is 4. The molecule has 2 heterocycles. The van der Waals surface area contributed by atoms with E-state index in [0.29, 0.717) is 24.5 Å². The Morgan fingerprint density at radius 2 is 1.95 bits per heavy atom. The van der Waals surface area contributed by atoms with Crippen LogP contribution in [0, 0.1) is 5.92 Å². The molecule has 2 aliphatic heterocycles. The van der Waals surface area contributed by atoms with Crippen molar-refractivity contribution in [2.75, 3.05) is 13.1 Å². The fourth-order valence-corrected chi connectivity index (χ4v) is 3.49. The first-order valence-corrected chi connectivity index (χ1v) is 8.01. The third kappa shape index (κ3) is 4.33. The lowest BCUT2D eigenvalue weighted by molar-refractivity contribution is 0.0203. The topological polar surface area (TPSA) is 61.8 Å². The molecule has 0 aliphatic carbocycles. The molecule has 2 rings (SSSR count). The Morgan fingerprint density at radius 3 is 2.52 bits per heavy atom. The Hall–Kier alpha value is -0.810. The Bertz CT molecular complexity index is 384. The van der Waals surface area contributed by atoms with Gasteiger partial charge >= 0.3 is 6.09 Å². The Labute approximate surface area is 128 Å². The molecule has 0 aromatic rings. The first-order chi connectivity index (χ1) is 9.57. The molecule has 0 radical (unpaired) electrons. The predicted molar refractivity (Wildman–Crippen MR) is 82.2 cm³/mol. The second-order valence-corrected chi connectivity index (χ2v) is 8.13. The zero-order chi connectivity index (χ0) is 15.8. The van der Waals surface area contributed by atoms with Crippen LogP contribution in [0.25, 0.3) is 0 Å². The first kappa shape index (κ1) is 16.6. The average Bonchev–Trinajstić information content (AvgIpc) is 2.81. The highest BCUT2D eigenvalue weighted by Gasteiger charge is 2.49. The van der Waals surface area contributed by atoms with Crippen LogP contribution in [0.3, 0.4) is 0 Å². The number of nitrogens with zero attached hydrogens (tertiary/aromatic N) is 1. The van der Waals surface area contributed by atoms with E-state index in [-0.39, 0.29) is 6.09 Å². The van der Waals surface area contributed by atoms with E-state index in [1.165, 1.54) is 0 Å². The minimum atomic E-state index is -0.692. The standard InChI is InChI=1S/C16H30N2O3/c1-15(2,3)21-14(19)18-12-6-7-13(18)11(8-12)9-17-10-16(4,5)20/h11-13,17,20H,6-10H2,1-5H3. The fourth-order valence-electron chi connectivity index (χ4n) is 3.49. The Morgan fingerprint density at radius 1 is 1.29 bits per heavy atom. The fraction of sp³-hybridized carbons (Fsp3) is 0.938. The van der Waals surface area contributed by atoms with Crippen LogP contribution in [0.5, 0.6) is 0 Å². The monoisotopic (exact) mass is 298 g/mol. The van der Waals surface area contributed by atoms with Gasteiger partial charge in [0, 0.05) is 25.2 Å². The third-order valence-corrected chi connectivity index (χ3v) is 4.23. The molecule has 2 fully saturated rings. The molecular weight excluding hydrogens is 268 g/mol. The van der Waals surface area contributed by atoms with E-state index >= 15 is 0 Å². The van der Waals surface area contributed by atoms with Gasteiger partial charge in [-0.05, 0) is 59.8 Å². The highest BCUT2D eigenvalue weighted by molar-refractivity contribution is 5.70. The van der Waals surface area contributed by atoms with Crippen molar-refractivity contribution in [3.8, 4) is 0 Å². The van der Waals surface area contributed by atoms with Crippen LogP contribution in [0.1, 0.15) is 53.9 Å². The van der Waals surface area contributed by atoms with E-state index < -0.39 is 11.2 Å². The summed E-state index contributed by atoms with van der Waals surface area (Å²) in [5.74, 6) is 0.471. The van der Waals surface area contributed by atoms with Crippen molar-refractivity contribution in [2.24, 2.45) is 5.92 Å². The van der Waals surface area contributed by atoms with Crippen molar-refractivity contribution in [1.82, 2.24) is 10.2 Å². The number of carbonyl (C=O) groups excluding carboxylic acids is 1. The van der Waals surface area contributed by atoms with Crippen LogP contribution in [0.4, 0.5) is 4.79 Å². The lowest BCUT2D eigenvalue weighted by Gasteiger charge is -2.28. The molecule has 0 spiro atoms. The molecule has 2 bridgehead atoms. The van der Waals surface area contributed by atoms with Gasteiger partial charge in [0.25, 0.3) is 0 Å². The number of amides is 1. The van der Waals surface area contributed by atoms with E-state index in [1.54, 1.807) is 13.8 Å². The molecule has 21 heavy (non-hydrogen) atoms. The molecule has 2 N–H and O–H groups in total. The molecule has 5 nitrogen and oxygen atoms in total. The van der Waals surface area contributed by atoms with Gasteiger partial charge in [-0.25, -0.2) is 4.79 Å². The number of hydrogen-bond donors (Lipinski definition) is 2. The summed E-state index contributed by atoms with van der Waals surface area (Å²) in [6.07, 6.45) is 3.04. The van der Waals surface area contributed by atoms with E-state index in [0.717, 1.165) is 25.8 Å². The zero-order valence-corrected chi connectivity index (χ0v) is 14.0. The maximum Gasteiger partial charge on any atom is 0.410 e. The minimum absolute atomic E-state index is 0.167. The number of aliphatic hydroxyl groups is 1. The lowest BCUT2D eigenvalue weighted by atomic mass is 9.89. The summed E-state index contributed by atoms with van der Waals surface area (Å²) in [4.78, 5) is 14.3. The van der Waals surface area contributed by atoms with Gasteiger partial charge < -0.3 is 20.1 Å². The summed E-state index contributed by atoms with van der Waals surface area (Å²) < 4.78 is 5.54. The summed E-state index contributed by atoms with van der Waals surface area (Å²) in [5.41, 5.74) is -1.13. The Kier molecular flexibility index (Phi) is 4.54. The molecule has 0 saturated carbocycles. The summed E-state index contributed by atoms with van der Waals surface area (Å²) in [6.45, 7) is 10.8. The van der Waals surface area contributed by atoms with Crippen molar-refractivity contribution < 1.29 is 14.6 Å². The van der Waals surface area contributed by atoms with E-state index in [2.05, 4.69) is 5.32 Å². The molecule has 3 unspecified atom stereocenters. The normalized spacial score (nSPS) is 29.0. The Balaban J connectivity index is 1.88. The third-order valence-electron chi connectivity index (χ3n) is 4.23. The summed E-state index contributed by atoms with van der Waals surface area (Å²) >= 11 is 0. The molecule has 3 atom stereocenters. The van der Waals surface area contributed by atoms with Gasteiger partial charge in [0.15, 0.2) is 0 Å². The van der Waals surface area contributed by atoms with Crippen LogP contribution in [-0.4, -0.2) is 52.5 Å². The van der Waals surface area contributed by atoms with Gasteiger partial charge in [0.05, 0.1) is 5.60 Å². The van der Waals surface area contributed by atoms with Gasteiger partial charge in [0.2, 0.25) is 0 Å². The summed E-state index contributed by atoms with van der Waals surface area (Å²) in [6, 6.07) is 0.623. The van der Waals surface area contributed by atoms with Crippen LogP contribution in [0.15, 0.2) is 0 Å². The highest BCUT2D eigenvalue weighted by Crippen LogP contribution is 2.42. The maximum atomic E-state index is 12.3. The molecule has 0 aromatic heterocycles. The van der Waals surface area contributed by atoms with Gasteiger partial charge in [-0.1, -0.05) is 0 Å². The van der Waals surface area contributed by atoms with Crippen LogP contribution in [0.2, 0.25) is 0 Å². The smallest absolute Gasteiger partial charge is 0.410 e. The molecule has 1 amide bonds. The molecular formula is C16H30N2O3. The second kappa shape index (κ2) is 5.76. The predicted octanol–water partition coefficient (Wildman–Crippen LogP) is 2.13. The number of fused-ring (bicyclic) bond motifs is 2. The van der Waals surface area contributed by atoms with Crippen molar-refractivity contribution in [3.63, 3.8) is 0 Å². The molecule has 0 aromatic carbocycles. The van der Waals surface area contributed by atoms with Gasteiger partial charge in [0.1, 0.15) is 5.60 Å². The van der Waals surface area contributed by atoms with Crippen LogP contribution < -0.4 is 5.32 Å². The molecule has 122 valence electrons. The first-order valence-electron chi connectivity index (χ1n) is 8.01. The van der Waals surface area contributed by atoms with Gasteiger partial charge in [-0.15, -0.1) is 0 Å². The van der Waals surface area contributed by atoms with Crippen molar-refractivity contribution in [3.05, 3.63) is 0 Å². The molecule has 2 aliphatic rings. The van der Waals surface area contributed by atoms with Gasteiger partial charge in [-0.2, -0.15) is 0 Å². The van der Waals surface area contributed by atoms with E-state index in [9.17, 15) is 9.90 Å². The van der Waals surface area contributed by atoms with Crippen molar-refractivity contribution in [1.29, 1.82) is 0 Å². The van der Waals surface area contributed by atoms with Crippen LogP contribution in [-0.2, 0) is 4.74 Å². The second-order valence-electron chi connectivity index (χ2n) is 8.13. The minimum Gasteiger partial charge on any atom is -0.444 e. The average molecular weight is 298 g/mol. The number of carbonyl (C=O) groups is 1. The lowest BCUT2D eigenvalue weighted by Crippen LogP contribution is -2.43. The van der Waals surface area contributed by atoms with E-state index in [1.807, 2.05) is 25.7 Å². The number of ether oxygens (including phenoxy) is 1. The molecule has 5 heteroatoms. The van der Waals surface area contributed by atoms with Crippen LogP contribution >= 0.6 is 0 Å².